The Balaban J connectivity index is 2.93. The molecule has 0 atom stereocenters. The Morgan fingerprint density at radius 1 is 1.50 bits per heavy atom. The molecule has 8 heteroatoms. The number of halogens is 1. The van der Waals surface area contributed by atoms with Gasteiger partial charge in [-0.3, -0.25) is 10.7 Å². The van der Waals surface area contributed by atoms with E-state index in [0.29, 0.717) is 0 Å². The van der Waals surface area contributed by atoms with Gasteiger partial charge in [-0.15, -0.1) is 10.2 Å². The highest BCUT2D eigenvalue weighted by Gasteiger charge is 2.18. The van der Waals surface area contributed by atoms with Crippen molar-refractivity contribution in [1.29, 1.82) is 5.41 Å². The molecule has 1 aromatic heterocycles. The normalized spacial score (nSPS) is 10.9. The first kappa shape index (κ1) is 14.2. The first-order valence-corrected chi connectivity index (χ1v) is 5.44. The molecule has 0 saturated heterocycles. The average molecular weight is 272 g/mol. The molecule has 0 aromatic carbocycles. The summed E-state index contributed by atoms with van der Waals surface area (Å²) in [6.45, 7) is 5.20. The molecular weight excluding hydrogens is 258 g/mol. The third kappa shape index (κ3) is 4.17. The number of nitrogens with one attached hydrogen (secondary N) is 2. The lowest BCUT2D eigenvalue weighted by Crippen LogP contribution is -2.28. The predicted octanol–water partition coefficient (Wildman–Crippen LogP) is 1.76. The van der Waals surface area contributed by atoms with Gasteiger partial charge in [0.1, 0.15) is 11.4 Å². The summed E-state index contributed by atoms with van der Waals surface area (Å²) in [5.74, 6) is -0.328. The van der Waals surface area contributed by atoms with E-state index in [1.54, 1.807) is 20.8 Å². The second kappa shape index (κ2) is 5.18. The molecule has 1 aromatic rings. The second-order valence-corrected chi connectivity index (χ2v) is 4.86. The minimum atomic E-state index is -0.686. The molecule has 1 heterocycles. The fourth-order valence-corrected chi connectivity index (χ4v) is 1.22. The third-order valence-electron chi connectivity index (χ3n) is 1.65. The van der Waals surface area contributed by atoms with Gasteiger partial charge in [0.05, 0.1) is 5.69 Å². The fraction of sp³-hybridized carbons (Fsp3) is 0.400. The monoisotopic (exact) mass is 271 g/mol. The van der Waals surface area contributed by atoms with Crippen LogP contribution < -0.4 is 11.1 Å². The van der Waals surface area contributed by atoms with Crippen LogP contribution in [0.3, 0.4) is 0 Å². The minimum absolute atomic E-state index is 0.0326. The zero-order chi connectivity index (χ0) is 13.9. The van der Waals surface area contributed by atoms with E-state index < -0.39 is 11.7 Å². The van der Waals surface area contributed by atoms with E-state index in [9.17, 15) is 4.79 Å². The number of carbonyl (C=O) groups is 1. The summed E-state index contributed by atoms with van der Waals surface area (Å²) in [5.41, 5.74) is 4.89. The number of anilines is 1. The number of nitrogens with zero attached hydrogens (tertiary/aromatic N) is 2. The molecule has 0 radical (unpaired) electrons. The summed E-state index contributed by atoms with van der Waals surface area (Å²) in [7, 11) is 0. The highest BCUT2D eigenvalue weighted by molar-refractivity contribution is 6.29. The lowest BCUT2D eigenvalue weighted by molar-refractivity contribution is 0.0636. The lowest BCUT2D eigenvalue weighted by Gasteiger charge is -2.20. The van der Waals surface area contributed by atoms with E-state index in [2.05, 4.69) is 15.5 Å². The van der Waals surface area contributed by atoms with Crippen molar-refractivity contribution in [3.8, 4) is 0 Å². The van der Waals surface area contributed by atoms with Gasteiger partial charge in [0.15, 0.2) is 10.8 Å². The molecule has 98 valence electrons. The molecule has 18 heavy (non-hydrogen) atoms. The molecule has 1 amide bonds. The SMILES string of the molecule is CC(C)(C)OC(=O)Nc1cc(Cl)nnc1C(=N)N. The Hall–Kier alpha value is -1.89. The second-order valence-electron chi connectivity index (χ2n) is 4.47. The molecule has 7 nitrogen and oxygen atoms in total. The van der Waals surface area contributed by atoms with Gasteiger partial charge in [-0.2, -0.15) is 0 Å². The molecule has 0 saturated carbocycles. The van der Waals surface area contributed by atoms with Gasteiger partial charge in [0, 0.05) is 6.07 Å². The molecule has 4 N–H and O–H groups in total. The Labute approximate surface area is 109 Å². The zero-order valence-corrected chi connectivity index (χ0v) is 11.0. The van der Waals surface area contributed by atoms with Crippen molar-refractivity contribution < 1.29 is 9.53 Å². The molecule has 0 aliphatic rings. The quantitative estimate of drug-likeness (QED) is 0.560. The topological polar surface area (TPSA) is 114 Å². The Morgan fingerprint density at radius 3 is 2.61 bits per heavy atom. The van der Waals surface area contributed by atoms with Crippen molar-refractivity contribution in [3.63, 3.8) is 0 Å². The molecule has 1 rings (SSSR count). The molecule has 0 aliphatic heterocycles. The van der Waals surface area contributed by atoms with Gasteiger partial charge in [-0.1, -0.05) is 11.6 Å². The number of ether oxygens (including phenoxy) is 1. The molecule has 0 spiro atoms. The van der Waals surface area contributed by atoms with Crippen molar-refractivity contribution in [2.75, 3.05) is 5.32 Å². The third-order valence-corrected chi connectivity index (χ3v) is 1.84. The van der Waals surface area contributed by atoms with Gasteiger partial charge in [0.25, 0.3) is 0 Å². The maximum atomic E-state index is 11.6. The number of aromatic nitrogens is 2. The van der Waals surface area contributed by atoms with Gasteiger partial charge in [-0.25, -0.2) is 4.79 Å². The number of hydrogen-bond donors (Lipinski definition) is 3. The summed E-state index contributed by atoms with van der Waals surface area (Å²) in [5, 5.41) is 17.0. The first-order valence-electron chi connectivity index (χ1n) is 5.06. The largest absolute Gasteiger partial charge is 0.444 e. The van der Waals surface area contributed by atoms with Crippen LogP contribution in [0.15, 0.2) is 6.07 Å². The number of rotatable bonds is 2. The highest BCUT2D eigenvalue weighted by Crippen LogP contribution is 2.17. The molecule has 0 bridgehead atoms. The number of amides is 1. The number of nitrogens with two attached hydrogens (primary N) is 1. The van der Waals surface area contributed by atoms with Crippen molar-refractivity contribution in [2.24, 2.45) is 5.73 Å². The van der Waals surface area contributed by atoms with E-state index >= 15 is 0 Å². The van der Waals surface area contributed by atoms with Gasteiger partial charge in [-0.05, 0) is 20.8 Å². The number of hydrogen-bond acceptors (Lipinski definition) is 5. The smallest absolute Gasteiger partial charge is 0.412 e. The van der Waals surface area contributed by atoms with Gasteiger partial charge < -0.3 is 10.5 Å². The van der Waals surface area contributed by atoms with Gasteiger partial charge >= 0.3 is 6.09 Å². The Bertz CT molecular complexity index is 484. The maximum Gasteiger partial charge on any atom is 0.412 e. The van der Waals surface area contributed by atoms with Crippen LogP contribution >= 0.6 is 11.6 Å². The van der Waals surface area contributed by atoms with Crippen LogP contribution in [-0.2, 0) is 4.74 Å². The van der Waals surface area contributed by atoms with Crippen LogP contribution in [0.4, 0.5) is 10.5 Å². The summed E-state index contributed by atoms with van der Waals surface area (Å²) >= 11 is 5.66. The van der Waals surface area contributed by atoms with Crippen LogP contribution in [0.2, 0.25) is 5.15 Å². The molecule has 0 unspecified atom stereocenters. The van der Waals surface area contributed by atoms with Crippen LogP contribution in [0.25, 0.3) is 0 Å². The standard InChI is InChI=1S/C10H14ClN5O2/c1-10(2,3)18-9(17)14-5-4-6(11)15-16-7(5)8(12)13/h4H,1-3H3,(H3,12,13)(H,14,15,17). The maximum absolute atomic E-state index is 11.6. The van der Waals surface area contributed by atoms with Crippen molar-refractivity contribution in [2.45, 2.75) is 26.4 Å². The number of amidine groups is 1. The summed E-state index contributed by atoms with van der Waals surface area (Å²) < 4.78 is 5.06. The minimum Gasteiger partial charge on any atom is -0.444 e. The summed E-state index contributed by atoms with van der Waals surface area (Å²) in [6, 6.07) is 1.34. The average Bonchev–Trinajstić information content (AvgIpc) is 2.13. The van der Waals surface area contributed by atoms with E-state index in [4.69, 9.17) is 27.5 Å². The fourth-order valence-electron chi connectivity index (χ4n) is 1.08. The van der Waals surface area contributed by atoms with E-state index in [-0.39, 0.29) is 22.4 Å². The van der Waals surface area contributed by atoms with Crippen LogP contribution in [0.5, 0.6) is 0 Å². The van der Waals surface area contributed by atoms with Crippen LogP contribution in [0.1, 0.15) is 26.5 Å². The molecule has 0 fully saturated rings. The van der Waals surface area contributed by atoms with Gasteiger partial charge in [0.2, 0.25) is 0 Å². The van der Waals surface area contributed by atoms with Crippen LogP contribution in [-0.4, -0.2) is 27.7 Å². The predicted molar refractivity (Wildman–Crippen MR) is 67.9 cm³/mol. The summed E-state index contributed by atoms with van der Waals surface area (Å²) in [6.07, 6.45) is -0.686. The number of carbonyl (C=O) groups excluding carboxylic acids is 1. The lowest BCUT2D eigenvalue weighted by atomic mass is 10.2. The van der Waals surface area contributed by atoms with Crippen molar-refractivity contribution in [3.05, 3.63) is 16.9 Å². The van der Waals surface area contributed by atoms with E-state index in [1.165, 1.54) is 6.07 Å². The number of nitrogen functional groups attached to an aromatic ring is 1. The Morgan fingerprint density at radius 2 is 2.11 bits per heavy atom. The molecule has 0 aliphatic carbocycles. The van der Waals surface area contributed by atoms with Crippen molar-refractivity contribution >= 4 is 29.2 Å². The zero-order valence-electron chi connectivity index (χ0n) is 10.2. The first-order chi connectivity index (χ1) is 8.19. The Kier molecular flexibility index (Phi) is 4.07. The van der Waals surface area contributed by atoms with Crippen molar-refractivity contribution in [1.82, 2.24) is 10.2 Å². The molecular formula is C10H14ClN5O2. The van der Waals surface area contributed by atoms with E-state index in [1.807, 2.05) is 0 Å². The van der Waals surface area contributed by atoms with Crippen LogP contribution in [0, 0.1) is 5.41 Å². The van der Waals surface area contributed by atoms with E-state index in [0.717, 1.165) is 0 Å². The highest BCUT2D eigenvalue weighted by atomic mass is 35.5. The summed E-state index contributed by atoms with van der Waals surface area (Å²) in [4.78, 5) is 11.6.